The molecule has 1 aliphatic rings. The van der Waals surface area contributed by atoms with E-state index in [0.717, 1.165) is 38.0 Å². The Morgan fingerprint density at radius 1 is 1.20 bits per heavy atom. The van der Waals surface area contributed by atoms with Gasteiger partial charge < -0.3 is 15.2 Å². The summed E-state index contributed by atoms with van der Waals surface area (Å²) in [6.45, 7) is 6.69. The molecule has 1 unspecified atom stereocenters. The van der Waals surface area contributed by atoms with Crippen LogP contribution in [-0.4, -0.2) is 25.9 Å². The maximum Gasteiger partial charge on any atom is 0.0663 e. The van der Waals surface area contributed by atoms with Gasteiger partial charge in [0.2, 0.25) is 0 Å². The summed E-state index contributed by atoms with van der Waals surface area (Å²) in [5, 5.41) is 0. The highest BCUT2D eigenvalue weighted by Gasteiger charge is 2.16. The molecular formula is C17H27NO2. The smallest absolute Gasteiger partial charge is 0.0663 e. The summed E-state index contributed by atoms with van der Waals surface area (Å²) in [6, 6.07) is 8.60. The van der Waals surface area contributed by atoms with Crippen molar-refractivity contribution < 1.29 is 9.47 Å². The van der Waals surface area contributed by atoms with Gasteiger partial charge in [0, 0.05) is 13.2 Å². The zero-order valence-corrected chi connectivity index (χ0v) is 12.7. The minimum atomic E-state index is -0.0362. The molecule has 1 aromatic rings. The molecule has 3 heteroatoms. The van der Waals surface area contributed by atoms with E-state index < -0.39 is 0 Å². The highest BCUT2D eigenvalue weighted by Crippen LogP contribution is 2.17. The third kappa shape index (κ3) is 4.89. The normalized spacial score (nSPS) is 18.4. The summed E-state index contributed by atoms with van der Waals surface area (Å²) >= 11 is 0. The van der Waals surface area contributed by atoms with Crippen LogP contribution in [0.2, 0.25) is 0 Å². The van der Waals surface area contributed by atoms with E-state index in [0.29, 0.717) is 18.6 Å². The van der Waals surface area contributed by atoms with Gasteiger partial charge in [0.25, 0.3) is 0 Å². The number of hydrogen-bond donors (Lipinski definition) is 1. The Morgan fingerprint density at radius 3 is 2.45 bits per heavy atom. The first kappa shape index (κ1) is 15.5. The summed E-state index contributed by atoms with van der Waals surface area (Å²) in [6.07, 6.45) is 3.41. The van der Waals surface area contributed by atoms with Crippen LogP contribution in [0.15, 0.2) is 24.3 Å². The molecule has 0 aliphatic carbocycles. The van der Waals surface area contributed by atoms with E-state index in [2.05, 4.69) is 38.1 Å². The van der Waals surface area contributed by atoms with Gasteiger partial charge in [0.05, 0.1) is 18.8 Å². The van der Waals surface area contributed by atoms with Gasteiger partial charge in [-0.05, 0) is 36.3 Å². The fourth-order valence-electron chi connectivity index (χ4n) is 2.55. The van der Waals surface area contributed by atoms with E-state index in [-0.39, 0.29) is 6.04 Å². The molecule has 0 radical (unpaired) electrons. The molecule has 20 heavy (non-hydrogen) atoms. The van der Waals surface area contributed by atoms with Crippen molar-refractivity contribution in [2.75, 3.05) is 19.8 Å². The number of ether oxygens (including phenoxy) is 2. The lowest BCUT2D eigenvalue weighted by atomic mass is 10.00. The standard InChI is InChI=1S/C17H27NO2/c1-13(2)11-14-3-5-15(6-4-14)17(18)12-20-16-7-9-19-10-8-16/h3-6,13,16-17H,7-12,18H2,1-2H3. The summed E-state index contributed by atoms with van der Waals surface area (Å²) in [4.78, 5) is 0. The van der Waals surface area contributed by atoms with Gasteiger partial charge in [-0.2, -0.15) is 0 Å². The van der Waals surface area contributed by atoms with Gasteiger partial charge in [0.15, 0.2) is 0 Å². The molecule has 0 spiro atoms. The Labute approximate surface area is 122 Å². The molecule has 0 saturated carbocycles. The Hall–Kier alpha value is -0.900. The molecule has 1 heterocycles. The van der Waals surface area contributed by atoms with Crippen LogP contribution < -0.4 is 5.73 Å². The first-order valence-corrected chi connectivity index (χ1v) is 7.69. The first-order valence-electron chi connectivity index (χ1n) is 7.69. The molecule has 0 aromatic heterocycles. The van der Waals surface area contributed by atoms with Gasteiger partial charge in [0.1, 0.15) is 0 Å². The van der Waals surface area contributed by atoms with E-state index in [1.54, 1.807) is 0 Å². The maximum absolute atomic E-state index is 6.21. The van der Waals surface area contributed by atoms with E-state index in [1.165, 1.54) is 5.56 Å². The second-order valence-corrected chi connectivity index (χ2v) is 6.09. The average Bonchev–Trinajstić information content (AvgIpc) is 2.46. The highest BCUT2D eigenvalue weighted by atomic mass is 16.5. The van der Waals surface area contributed by atoms with E-state index >= 15 is 0 Å². The molecule has 1 aromatic carbocycles. The third-order valence-corrected chi connectivity index (χ3v) is 3.73. The van der Waals surface area contributed by atoms with Crippen molar-refractivity contribution in [3.63, 3.8) is 0 Å². The van der Waals surface area contributed by atoms with E-state index in [4.69, 9.17) is 15.2 Å². The number of nitrogens with two attached hydrogens (primary N) is 1. The zero-order chi connectivity index (χ0) is 14.4. The monoisotopic (exact) mass is 277 g/mol. The van der Waals surface area contributed by atoms with Gasteiger partial charge in [-0.25, -0.2) is 0 Å². The Bertz CT molecular complexity index is 382. The largest absolute Gasteiger partial charge is 0.381 e. The molecular weight excluding hydrogens is 250 g/mol. The van der Waals surface area contributed by atoms with Crippen molar-refractivity contribution in [3.8, 4) is 0 Å². The molecule has 1 saturated heterocycles. The Balaban J connectivity index is 1.80. The Morgan fingerprint density at radius 2 is 1.85 bits per heavy atom. The SMILES string of the molecule is CC(C)Cc1ccc(C(N)COC2CCOCC2)cc1. The molecule has 2 rings (SSSR count). The fraction of sp³-hybridized carbons (Fsp3) is 0.647. The molecule has 1 aliphatic heterocycles. The van der Waals surface area contributed by atoms with Crippen LogP contribution in [0.4, 0.5) is 0 Å². The molecule has 0 amide bonds. The third-order valence-electron chi connectivity index (χ3n) is 3.73. The predicted octanol–water partition coefficient (Wildman–Crippen LogP) is 3.08. The lowest BCUT2D eigenvalue weighted by Crippen LogP contribution is -2.27. The molecule has 3 nitrogen and oxygen atoms in total. The van der Waals surface area contributed by atoms with Crippen LogP contribution in [-0.2, 0) is 15.9 Å². The highest BCUT2D eigenvalue weighted by molar-refractivity contribution is 5.25. The van der Waals surface area contributed by atoms with Gasteiger partial charge in [-0.1, -0.05) is 38.1 Å². The minimum absolute atomic E-state index is 0.0362. The number of rotatable bonds is 6. The van der Waals surface area contributed by atoms with Crippen LogP contribution in [0.1, 0.15) is 43.9 Å². The number of hydrogen-bond acceptors (Lipinski definition) is 3. The lowest BCUT2D eigenvalue weighted by Gasteiger charge is -2.24. The topological polar surface area (TPSA) is 44.5 Å². The van der Waals surface area contributed by atoms with Gasteiger partial charge >= 0.3 is 0 Å². The van der Waals surface area contributed by atoms with Crippen LogP contribution in [0, 0.1) is 5.92 Å². The van der Waals surface area contributed by atoms with Gasteiger partial charge in [-0.3, -0.25) is 0 Å². The quantitative estimate of drug-likeness (QED) is 0.869. The maximum atomic E-state index is 6.21. The summed E-state index contributed by atoms with van der Waals surface area (Å²) in [5.41, 5.74) is 8.74. The zero-order valence-electron chi connectivity index (χ0n) is 12.7. The lowest BCUT2D eigenvalue weighted by molar-refractivity contribution is -0.0358. The molecule has 1 atom stereocenters. The molecule has 0 bridgehead atoms. The van der Waals surface area contributed by atoms with Crippen molar-refractivity contribution in [2.24, 2.45) is 11.7 Å². The van der Waals surface area contributed by atoms with Crippen LogP contribution in [0.25, 0.3) is 0 Å². The van der Waals surface area contributed by atoms with E-state index in [9.17, 15) is 0 Å². The van der Waals surface area contributed by atoms with Crippen molar-refractivity contribution in [3.05, 3.63) is 35.4 Å². The first-order chi connectivity index (χ1) is 9.65. The fourth-order valence-corrected chi connectivity index (χ4v) is 2.55. The van der Waals surface area contributed by atoms with E-state index in [1.807, 2.05) is 0 Å². The summed E-state index contributed by atoms with van der Waals surface area (Å²) in [7, 11) is 0. The van der Waals surface area contributed by atoms with Crippen molar-refractivity contribution in [2.45, 2.75) is 45.3 Å². The second kappa shape index (κ2) is 7.77. The summed E-state index contributed by atoms with van der Waals surface area (Å²) < 4.78 is 11.2. The Kier molecular flexibility index (Phi) is 6.02. The van der Waals surface area contributed by atoms with Gasteiger partial charge in [-0.15, -0.1) is 0 Å². The summed E-state index contributed by atoms with van der Waals surface area (Å²) in [5.74, 6) is 0.686. The molecule has 112 valence electrons. The van der Waals surface area contributed by atoms with Crippen LogP contribution in [0.5, 0.6) is 0 Å². The van der Waals surface area contributed by atoms with Crippen molar-refractivity contribution in [1.82, 2.24) is 0 Å². The second-order valence-electron chi connectivity index (χ2n) is 6.09. The van der Waals surface area contributed by atoms with Crippen LogP contribution in [0.3, 0.4) is 0 Å². The predicted molar refractivity (Wildman–Crippen MR) is 81.7 cm³/mol. The van der Waals surface area contributed by atoms with Crippen molar-refractivity contribution in [1.29, 1.82) is 0 Å². The number of benzene rings is 1. The average molecular weight is 277 g/mol. The van der Waals surface area contributed by atoms with Crippen molar-refractivity contribution >= 4 is 0 Å². The molecule has 2 N–H and O–H groups in total. The molecule has 1 fully saturated rings. The van der Waals surface area contributed by atoms with Crippen LogP contribution >= 0.6 is 0 Å². The minimum Gasteiger partial charge on any atom is -0.381 e.